The third kappa shape index (κ3) is 3.95. The van der Waals surface area contributed by atoms with Crippen molar-refractivity contribution in [3.8, 4) is 0 Å². The van der Waals surface area contributed by atoms with Gasteiger partial charge in [0.25, 0.3) is 0 Å². The Morgan fingerprint density at radius 2 is 2.29 bits per heavy atom. The molecule has 0 aromatic carbocycles. The van der Waals surface area contributed by atoms with Crippen molar-refractivity contribution in [2.24, 2.45) is 5.92 Å². The molecule has 1 fully saturated rings. The molecule has 0 bridgehead atoms. The molecule has 1 saturated heterocycles. The van der Waals surface area contributed by atoms with Crippen LogP contribution in [0.4, 0.5) is 0 Å². The van der Waals surface area contributed by atoms with E-state index >= 15 is 0 Å². The van der Waals surface area contributed by atoms with E-state index in [9.17, 15) is 5.11 Å². The van der Waals surface area contributed by atoms with E-state index in [2.05, 4.69) is 17.1 Å². The standard InChI is InChI=1S/C11H24N2O/c1-3-11(14)8-12-7-10-5-6-13(4-2)9-10/h10-12,14H,3-9H2,1-2H3. The van der Waals surface area contributed by atoms with Crippen LogP contribution in [0.1, 0.15) is 26.7 Å². The molecule has 0 amide bonds. The first-order valence-corrected chi connectivity index (χ1v) is 5.87. The van der Waals surface area contributed by atoms with Crippen LogP contribution in [-0.2, 0) is 0 Å². The Bertz CT molecular complexity index is 152. The summed E-state index contributed by atoms with van der Waals surface area (Å²) in [7, 11) is 0. The Balaban J connectivity index is 2.03. The summed E-state index contributed by atoms with van der Waals surface area (Å²) in [6.07, 6.45) is 1.99. The fraction of sp³-hybridized carbons (Fsp3) is 1.00. The molecule has 1 aliphatic heterocycles. The Labute approximate surface area is 87.5 Å². The SMILES string of the molecule is CCC(O)CNCC1CCN(CC)C1. The summed E-state index contributed by atoms with van der Waals surface area (Å²) >= 11 is 0. The van der Waals surface area contributed by atoms with Gasteiger partial charge in [0, 0.05) is 13.1 Å². The van der Waals surface area contributed by atoms with E-state index < -0.39 is 0 Å². The minimum absolute atomic E-state index is 0.168. The van der Waals surface area contributed by atoms with Crippen molar-refractivity contribution in [3.63, 3.8) is 0 Å². The molecule has 1 rings (SSSR count). The number of nitrogens with one attached hydrogen (secondary N) is 1. The zero-order valence-electron chi connectivity index (χ0n) is 9.50. The lowest BCUT2D eigenvalue weighted by Gasteiger charge is -2.15. The molecule has 0 saturated carbocycles. The number of aliphatic hydroxyl groups excluding tert-OH is 1. The normalized spacial score (nSPS) is 25.5. The van der Waals surface area contributed by atoms with Crippen LogP contribution in [0.2, 0.25) is 0 Å². The van der Waals surface area contributed by atoms with Gasteiger partial charge in [0.2, 0.25) is 0 Å². The molecular formula is C11H24N2O. The molecule has 1 aliphatic rings. The smallest absolute Gasteiger partial charge is 0.0662 e. The van der Waals surface area contributed by atoms with Gasteiger partial charge < -0.3 is 15.3 Å². The average molecular weight is 200 g/mol. The molecule has 3 nitrogen and oxygen atoms in total. The number of nitrogens with zero attached hydrogens (tertiary/aromatic N) is 1. The van der Waals surface area contributed by atoms with Crippen LogP contribution in [0, 0.1) is 5.92 Å². The van der Waals surface area contributed by atoms with E-state index in [0.29, 0.717) is 0 Å². The number of hydrogen-bond donors (Lipinski definition) is 2. The maximum Gasteiger partial charge on any atom is 0.0662 e. The Morgan fingerprint density at radius 3 is 2.86 bits per heavy atom. The number of rotatable bonds is 6. The second kappa shape index (κ2) is 6.38. The van der Waals surface area contributed by atoms with Gasteiger partial charge in [-0.2, -0.15) is 0 Å². The quantitative estimate of drug-likeness (QED) is 0.662. The van der Waals surface area contributed by atoms with Crippen LogP contribution < -0.4 is 5.32 Å². The Hall–Kier alpha value is -0.120. The van der Waals surface area contributed by atoms with Gasteiger partial charge in [0.1, 0.15) is 0 Å². The van der Waals surface area contributed by atoms with Crippen LogP contribution in [0.3, 0.4) is 0 Å². The largest absolute Gasteiger partial charge is 0.392 e. The number of likely N-dealkylation sites (tertiary alicyclic amines) is 1. The third-order valence-electron chi connectivity index (χ3n) is 3.10. The molecule has 0 aromatic rings. The Morgan fingerprint density at radius 1 is 1.50 bits per heavy atom. The Kier molecular flexibility index (Phi) is 5.45. The van der Waals surface area contributed by atoms with E-state index in [1.165, 1.54) is 26.1 Å². The molecule has 14 heavy (non-hydrogen) atoms. The number of hydrogen-bond acceptors (Lipinski definition) is 3. The zero-order chi connectivity index (χ0) is 10.4. The van der Waals surface area contributed by atoms with E-state index in [4.69, 9.17) is 0 Å². The van der Waals surface area contributed by atoms with Crippen LogP contribution in [0.15, 0.2) is 0 Å². The number of aliphatic hydroxyl groups is 1. The van der Waals surface area contributed by atoms with Crippen LogP contribution in [0.5, 0.6) is 0 Å². The maximum absolute atomic E-state index is 9.36. The van der Waals surface area contributed by atoms with Crippen LogP contribution in [-0.4, -0.2) is 48.8 Å². The van der Waals surface area contributed by atoms with Crippen molar-refractivity contribution < 1.29 is 5.11 Å². The minimum Gasteiger partial charge on any atom is -0.392 e. The van der Waals surface area contributed by atoms with Gasteiger partial charge in [0.15, 0.2) is 0 Å². The average Bonchev–Trinajstić information content (AvgIpc) is 2.65. The summed E-state index contributed by atoms with van der Waals surface area (Å²) in [5, 5.41) is 12.7. The highest BCUT2D eigenvalue weighted by Crippen LogP contribution is 2.14. The van der Waals surface area contributed by atoms with Crippen LogP contribution in [0.25, 0.3) is 0 Å². The van der Waals surface area contributed by atoms with Crippen molar-refractivity contribution in [1.29, 1.82) is 0 Å². The molecule has 2 atom stereocenters. The molecule has 2 N–H and O–H groups in total. The molecule has 0 spiro atoms. The van der Waals surface area contributed by atoms with Gasteiger partial charge >= 0.3 is 0 Å². The van der Waals surface area contributed by atoms with Crippen molar-refractivity contribution in [3.05, 3.63) is 0 Å². The lowest BCUT2D eigenvalue weighted by molar-refractivity contribution is 0.165. The van der Waals surface area contributed by atoms with Gasteiger partial charge in [-0.3, -0.25) is 0 Å². The molecule has 2 unspecified atom stereocenters. The molecule has 84 valence electrons. The zero-order valence-corrected chi connectivity index (χ0v) is 9.50. The van der Waals surface area contributed by atoms with Gasteiger partial charge in [-0.15, -0.1) is 0 Å². The van der Waals surface area contributed by atoms with Gasteiger partial charge in [0.05, 0.1) is 6.10 Å². The van der Waals surface area contributed by atoms with Gasteiger partial charge in [-0.1, -0.05) is 13.8 Å². The fourth-order valence-electron chi connectivity index (χ4n) is 1.97. The minimum atomic E-state index is -0.168. The van der Waals surface area contributed by atoms with E-state index in [1.54, 1.807) is 0 Å². The highest BCUT2D eigenvalue weighted by atomic mass is 16.3. The predicted octanol–water partition coefficient (Wildman–Crippen LogP) is 0.689. The summed E-state index contributed by atoms with van der Waals surface area (Å²) in [4.78, 5) is 2.49. The van der Waals surface area contributed by atoms with Crippen molar-refractivity contribution in [2.45, 2.75) is 32.8 Å². The van der Waals surface area contributed by atoms with E-state index in [-0.39, 0.29) is 6.10 Å². The summed E-state index contributed by atoms with van der Waals surface area (Å²) in [5.74, 6) is 0.791. The molecule has 3 heteroatoms. The van der Waals surface area contributed by atoms with Crippen LogP contribution >= 0.6 is 0 Å². The molecular weight excluding hydrogens is 176 g/mol. The fourth-order valence-corrected chi connectivity index (χ4v) is 1.97. The molecule has 0 radical (unpaired) electrons. The van der Waals surface area contributed by atoms with Crippen molar-refractivity contribution >= 4 is 0 Å². The molecule has 0 aromatic heterocycles. The van der Waals surface area contributed by atoms with Gasteiger partial charge in [-0.25, -0.2) is 0 Å². The summed E-state index contributed by atoms with van der Waals surface area (Å²) < 4.78 is 0. The lowest BCUT2D eigenvalue weighted by atomic mass is 10.1. The third-order valence-corrected chi connectivity index (χ3v) is 3.10. The first-order chi connectivity index (χ1) is 6.76. The monoisotopic (exact) mass is 200 g/mol. The highest BCUT2D eigenvalue weighted by Gasteiger charge is 2.20. The summed E-state index contributed by atoms with van der Waals surface area (Å²) in [5.41, 5.74) is 0. The van der Waals surface area contributed by atoms with Crippen molar-refractivity contribution in [2.75, 3.05) is 32.7 Å². The first kappa shape index (κ1) is 12.0. The maximum atomic E-state index is 9.36. The predicted molar refractivity (Wildman–Crippen MR) is 59.4 cm³/mol. The second-order valence-electron chi connectivity index (χ2n) is 4.27. The second-order valence-corrected chi connectivity index (χ2v) is 4.27. The summed E-state index contributed by atoms with van der Waals surface area (Å²) in [6.45, 7) is 9.70. The topological polar surface area (TPSA) is 35.5 Å². The van der Waals surface area contributed by atoms with Crippen molar-refractivity contribution in [1.82, 2.24) is 10.2 Å². The molecule has 0 aliphatic carbocycles. The molecule has 1 heterocycles. The first-order valence-electron chi connectivity index (χ1n) is 5.87. The highest BCUT2D eigenvalue weighted by molar-refractivity contribution is 4.76. The summed E-state index contributed by atoms with van der Waals surface area (Å²) in [6, 6.07) is 0. The van der Waals surface area contributed by atoms with E-state index in [0.717, 1.165) is 25.4 Å². The van der Waals surface area contributed by atoms with Gasteiger partial charge in [-0.05, 0) is 38.4 Å². The van der Waals surface area contributed by atoms with E-state index in [1.807, 2.05) is 6.92 Å². The lowest BCUT2D eigenvalue weighted by Crippen LogP contribution is -2.31.